The number of carbonyl (C=O) groups is 2. The molecule has 1 aliphatic rings. The molecule has 0 unspecified atom stereocenters. The van der Waals surface area contributed by atoms with E-state index in [4.69, 9.17) is 18.9 Å². The van der Waals surface area contributed by atoms with E-state index in [-0.39, 0.29) is 30.4 Å². The van der Waals surface area contributed by atoms with Crippen molar-refractivity contribution in [2.24, 2.45) is 0 Å². The van der Waals surface area contributed by atoms with Gasteiger partial charge in [-0.1, -0.05) is 18.2 Å². The number of anilines is 1. The topological polar surface area (TPSA) is 74.3 Å². The Morgan fingerprint density at radius 2 is 1.79 bits per heavy atom. The number of rotatable bonds is 5. The zero-order chi connectivity index (χ0) is 20.1. The highest BCUT2D eigenvalue weighted by molar-refractivity contribution is 6.03. The van der Waals surface area contributed by atoms with Gasteiger partial charge in [0.1, 0.15) is 24.0 Å². The van der Waals surface area contributed by atoms with Crippen molar-refractivity contribution in [3.8, 4) is 11.5 Å². The van der Waals surface area contributed by atoms with Gasteiger partial charge >= 0.3 is 11.9 Å². The molecule has 1 heterocycles. The number of hydrogen-bond acceptors (Lipinski definition) is 7. The lowest BCUT2D eigenvalue weighted by molar-refractivity contribution is -0.140. The van der Waals surface area contributed by atoms with Gasteiger partial charge < -0.3 is 23.8 Å². The summed E-state index contributed by atoms with van der Waals surface area (Å²) in [6.07, 6.45) is 0. The molecule has 0 aromatic heterocycles. The first-order valence-electron chi connectivity index (χ1n) is 8.32. The first-order valence-corrected chi connectivity index (χ1v) is 8.32. The molecule has 0 radical (unpaired) electrons. The molecule has 0 spiro atoms. The van der Waals surface area contributed by atoms with Gasteiger partial charge in [0.25, 0.3) is 0 Å². The maximum Gasteiger partial charge on any atom is 0.355 e. The summed E-state index contributed by atoms with van der Waals surface area (Å²) in [7, 11) is 2.43. The first kappa shape index (κ1) is 19.4. The third kappa shape index (κ3) is 3.96. The summed E-state index contributed by atoms with van der Waals surface area (Å²) in [6, 6.07) is 12.5. The molecule has 28 heavy (non-hydrogen) atoms. The van der Waals surface area contributed by atoms with Crippen molar-refractivity contribution in [1.29, 1.82) is 0 Å². The molecule has 8 heteroatoms. The summed E-state index contributed by atoms with van der Waals surface area (Å²) in [6.45, 7) is -0.116. The number of esters is 2. The van der Waals surface area contributed by atoms with Crippen molar-refractivity contribution in [3.63, 3.8) is 0 Å². The van der Waals surface area contributed by atoms with Gasteiger partial charge in [-0.05, 0) is 24.3 Å². The summed E-state index contributed by atoms with van der Waals surface area (Å²) >= 11 is 0. The fourth-order valence-electron chi connectivity index (χ4n) is 2.76. The van der Waals surface area contributed by atoms with Crippen molar-refractivity contribution < 1.29 is 32.9 Å². The van der Waals surface area contributed by atoms with Gasteiger partial charge in [-0.3, -0.25) is 0 Å². The highest BCUT2D eigenvalue weighted by Crippen LogP contribution is 2.36. The van der Waals surface area contributed by atoms with Crippen LogP contribution in [0.2, 0.25) is 0 Å². The normalized spacial score (nSPS) is 13.9. The Hall–Kier alpha value is -3.39. The van der Waals surface area contributed by atoms with Crippen LogP contribution in [0, 0.1) is 5.82 Å². The van der Waals surface area contributed by atoms with Crippen LogP contribution in [-0.2, 0) is 23.8 Å². The zero-order valence-electron chi connectivity index (χ0n) is 15.3. The van der Waals surface area contributed by atoms with E-state index in [1.54, 1.807) is 30.3 Å². The Morgan fingerprint density at radius 1 is 1.04 bits per heavy atom. The van der Waals surface area contributed by atoms with E-state index in [1.165, 1.54) is 37.3 Å². The standard InChI is InChI=1S/C20H18FNO6/c1-25-19(23)15-11-27-12-22(18(15)20(24)26-2)16-8-3-4-9-17(16)28-14-7-5-6-13(21)10-14/h3-10H,11-12H2,1-2H3. The quantitative estimate of drug-likeness (QED) is 0.730. The lowest BCUT2D eigenvalue weighted by atomic mass is 10.1. The largest absolute Gasteiger partial charge is 0.466 e. The second-order valence-electron chi connectivity index (χ2n) is 5.74. The van der Waals surface area contributed by atoms with Crippen molar-refractivity contribution in [2.75, 3.05) is 32.5 Å². The van der Waals surface area contributed by atoms with Crippen molar-refractivity contribution in [2.45, 2.75) is 0 Å². The predicted molar refractivity (Wildman–Crippen MR) is 97.3 cm³/mol. The second-order valence-corrected chi connectivity index (χ2v) is 5.74. The van der Waals surface area contributed by atoms with E-state index < -0.39 is 17.8 Å². The van der Waals surface area contributed by atoms with E-state index in [0.717, 1.165) is 0 Å². The smallest absolute Gasteiger partial charge is 0.355 e. The SMILES string of the molecule is COC(=O)C1=C(C(=O)OC)N(c2ccccc2Oc2cccc(F)c2)COC1. The molecule has 2 aromatic rings. The van der Waals surface area contributed by atoms with Crippen molar-refractivity contribution in [1.82, 2.24) is 0 Å². The minimum atomic E-state index is -0.718. The molecule has 0 aliphatic carbocycles. The average molecular weight is 387 g/mol. The first-order chi connectivity index (χ1) is 13.5. The van der Waals surface area contributed by atoms with E-state index >= 15 is 0 Å². The zero-order valence-corrected chi connectivity index (χ0v) is 15.3. The molecular formula is C20H18FNO6. The number of para-hydroxylation sites is 2. The molecule has 0 amide bonds. The summed E-state index contributed by atoms with van der Waals surface area (Å²) in [5.41, 5.74) is 0.463. The predicted octanol–water partition coefficient (Wildman–Crippen LogP) is 3.01. The second kappa shape index (κ2) is 8.53. The Balaban J connectivity index is 2.06. The molecule has 0 atom stereocenters. The molecule has 0 bridgehead atoms. The maximum absolute atomic E-state index is 13.5. The molecule has 2 aromatic carbocycles. The van der Waals surface area contributed by atoms with Crippen molar-refractivity contribution >= 4 is 17.6 Å². The Morgan fingerprint density at radius 3 is 2.50 bits per heavy atom. The van der Waals surface area contributed by atoms with Crippen LogP contribution in [0.25, 0.3) is 0 Å². The number of ether oxygens (including phenoxy) is 4. The van der Waals surface area contributed by atoms with Gasteiger partial charge in [0, 0.05) is 6.07 Å². The number of methoxy groups -OCH3 is 2. The van der Waals surface area contributed by atoms with Crippen molar-refractivity contribution in [3.05, 3.63) is 65.6 Å². The molecule has 0 N–H and O–H groups in total. The van der Waals surface area contributed by atoms with Gasteiger partial charge in [0.05, 0.1) is 32.1 Å². The number of carbonyl (C=O) groups excluding carboxylic acids is 2. The number of halogens is 1. The van der Waals surface area contributed by atoms with E-state index in [0.29, 0.717) is 11.4 Å². The Labute approximate surface area is 160 Å². The van der Waals surface area contributed by atoms with Crippen LogP contribution in [-0.4, -0.2) is 39.5 Å². The van der Waals surface area contributed by atoms with Crippen LogP contribution < -0.4 is 9.64 Å². The van der Waals surface area contributed by atoms with E-state index in [1.807, 2.05) is 0 Å². The summed E-state index contributed by atoms with van der Waals surface area (Å²) in [4.78, 5) is 26.0. The molecule has 3 rings (SSSR count). The minimum absolute atomic E-state index is 0.00380. The Kier molecular flexibility index (Phi) is 5.90. The number of benzene rings is 2. The molecule has 146 valence electrons. The molecule has 0 fully saturated rings. The molecule has 7 nitrogen and oxygen atoms in total. The van der Waals surface area contributed by atoms with Crippen LogP contribution in [0.5, 0.6) is 11.5 Å². The van der Waals surface area contributed by atoms with Gasteiger partial charge in [-0.2, -0.15) is 0 Å². The summed E-state index contributed by atoms with van der Waals surface area (Å²) in [5.74, 6) is -1.25. The fourth-order valence-corrected chi connectivity index (χ4v) is 2.76. The molecular weight excluding hydrogens is 369 g/mol. The Bertz CT molecular complexity index is 926. The van der Waals surface area contributed by atoms with E-state index in [2.05, 4.69) is 0 Å². The van der Waals surface area contributed by atoms with Gasteiger partial charge in [0.15, 0.2) is 5.75 Å². The van der Waals surface area contributed by atoms with E-state index in [9.17, 15) is 14.0 Å². The minimum Gasteiger partial charge on any atom is -0.466 e. The van der Waals surface area contributed by atoms with Gasteiger partial charge in [-0.15, -0.1) is 0 Å². The summed E-state index contributed by atoms with van der Waals surface area (Å²) < 4.78 is 34.4. The fraction of sp³-hybridized carbons (Fsp3) is 0.200. The molecule has 1 aliphatic heterocycles. The molecule has 0 saturated carbocycles. The third-order valence-corrected chi connectivity index (χ3v) is 4.01. The van der Waals surface area contributed by atoms with Crippen LogP contribution in [0.1, 0.15) is 0 Å². The monoisotopic (exact) mass is 387 g/mol. The highest BCUT2D eigenvalue weighted by Gasteiger charge is 2.33. The van der Waals surface area contributed by atoms with Gasteiger partial charge in [0.2, 0.25) is 0 Å². The highest BCUT2D eigenvalue weighted by atomic mass is 19.1. The average Bonchev–Trinajstić information content (AvgIpc) is 2.72. The van der Waals surface area contributed by atoms with Gasteiger partial charge in [-0.25, -0.2) is 14.0 Å². The van der Waals surface area contributed by atoms with Crippen LogP contribution >= 0.6 is 0 Å². The van der Waals surface area contributed by atoms with Crippen LogP contribution in [0.15, 0.2) is 59.8 Å². The number of nitrogens with zero attached hydrogens (tertiary/aromatic N) is 1. The maximum atomic E-state index is 13.5. The third-order valence-electron chi connectivity index (χ3n) is 4.01. The lowest BCUT2D eigenvalue weighted by Crippen LogP contribution is -2.38. The number of hydrogen-bond donors (Lipinski definition) is 0. The van der Waals surface area contributed by atoms with Crippen LogP contribution in [0.3, 0.4) is 0 Å². The molecule has 0 saturated heterocycles. The van der Waals surface area contributed by atoms with Crippen LogP contribution in [0.4, 0.5) is 10.1 Å². The summed E-state index contributed by atoms with van der Waals surface area (Å²) in [5, 5.41) is 0. The lowest BCUT2D eigenvalue weighted by Gasteiger charge is -2.32.